The average molecular weight is 262 g/mol. The number of hydrogen-bond donors (Lipinski definition) is 2. The van der Waals surface area contributed by atoms with Crippen molar-refractivity contribution in [3.05, 3.63) is 29.8 Å². The van der Waals surface area contributed by atoms with E-state index >= 15 is 0 Å². The molecule has 0 aliphatic heterocycles. The first-order valence-corrected chi connectivity index (χ1v) is 6.85. The lowest BCUT2D eigenvalue weighted by atomic mass is 10.1. The molecule has 1 saturated carbocycles. The van der Waals surface area contributed by atoms with Crippen LogP contribution >= 0.6 is 0 Å². The molecule has 4 nitrogen and oxygen atoms in total. The van der Waals surface area contributed by atoms with Crippen LogP contribution in [0.5, 0.6) is 5.75 Å². The summed E-state index contributed by atoms with van der Waals surface area (Å²) in [4.78, 5) is 11.5. The molecule has 0 spiro atoms. The van der Waals surface area contributed by atoms with Crippen molar-refractivity contribution in [1.82, 2.24) is 10.6 Å². The molecule has 1 aliphatic carbocycles. The molecule has 0 unspecified atom stereocenters. The Morgan fingerprint density at radius 1 is 1.37 bits per heavy atom. The Hall–Kier alpha value is -1.55. The van der Waals surface area contributed by atoms with Gasteiger partial charge in [0.25, 0.3) is 0 Å². The largest absolute Gasteiger partial charge is 0.497 e. The number of carbonyl (C=O) groups excluding carboxylic acids is 1. The van der Waals surface area contributed by atoms with E-state index in [4.69, 9.17) is 4.74 Å². The summed E-state index contributed by atoms with van der Waals surface area (Å²) in [5, 5.41) is 6.35. The number of amides is 1. The van der Waals surface area contributed by atoms with Crippen LogP contribution in [-0.4, -0.2) is 25.6 Å². The number of carbonyl (C=O) groups is 1. The molecule has 0 bridgehead atoms. The summed E-state index contributed by atoms with van der Waals surface area (Å²) < 4.78 is 5.13. The summed E-state index contributed by atoms with van der Waals surface area (Å²) in [6, 6.07) is 8.67. The van der Waals surface area contributed by atoms with Gasteiger partial charge in [-0.05, 0) is 37.5 Å². The van der Waals surface area contributed by atoms with Gasteiger partial charge in [-0.15, -0.1) is 0 Å². The van der Waals surface area contributed by atoms with Crippen molar-refractivity contribution >= 4 is 5.91 Å². The van der Waals surface area contributed by atoms with Crippen molar-refractivity contribution in [1.29, 1.82) is 0 Å². The summed E-state index contributed by atoms with van der Waals surface area (Å²) in [7, 11) is 1.66. The summed E-state index contributed by atoms with van der Waals surface area (Å²) >= 11 is 0. The zero-order valence-electron chi connectivity index (χ0n) is 11.6. The molecule has 2 rings (SSSR count). The molecule has 0 aromatic heterocycles. The predicted octanol–water partition coefficient (Wildman–Crippen LogP) is 2.01. The van der Waals surface area contributed by atoms with Crippen LogP contribution in [0.1, 0.15) is 37.8 Å². The highest BCUT2D eigenvalue weighted by Gasteiger charge is 2.22. The maximum Gasteiger partial charge on any atom is 0.221 e. The van der Waals surface area contributed by atoms with Crippen molar-refractivity contribution in [3.63, 3.8) is 0 Å². The Morgan fingerprint density at radius 3 is 2.63 bits per heavy atom. The van der Waals surface area contributed by atoms with E-state index in [1.54, 1.807) is 7.11 Å². The third-order valence-corrected chi connectivity index (χ3v) is 3.36. The molecule has 1 atom stereocenters. The van der Waals surface area contributed by atoms with Gasteiger partial charge in [-0.3, -0.25) is 4.79 Å². The molecule has 1 fully saturated rings. The molecule has 1 aromatic rings. The number of nitrogens with one attached hydrogen (secondary N) is 2. The Balaban J connectivity index is 1.70. The Labute approximate surface area is 114 Å². The highest BCUT2D eigenvalue weighted by atomic mass is 16.5. The van der Waals surface area contributed by atoms with E-state index in [0.29, 0.717) is 19.0 Å². The molecule has 4 heteroatoms. The zero-order chi connectivity index (χ0) is 13.7. The molecular formula is C15H22N2O2. The molecule has 104 valence electrons. The van der Waals surface area contributed by atoms with E-state index in [-0.39, 0.29) is 11.9 Å². The van der Waals surface area contributed by atoms with Crippen LogP contribution in [0, 0.1) is 0 Å². The van der Waals surface area contributed by atoms with Crippen LogP contribution in [-0.2, 0) is 4.79 Å². The summed E-state index contributed by atoms with van der Waals surface area (Å²) in [6.07, 6.45) is 2.82. The minimum absolute atomic E-state index is 0.150. The van der Waals surface area contributed by atoms with Crippen molar-refractivity contribution in [2.75, 3.05) is 13.7 Å². The van der Waals surface area contributed by atoms with Gasteiger partial charge in [-0.25, -0.2) is 0 Å². The molecule has 19 heavy (non-hydrogen) atoms. The first kappa shape index (κ1) is 13.9. The molecule has 0 radical (unpaired) electrons. The van der Waals surface area contributed by atoms with Gasteiger partial charge in [-0.2, -0.15) is 0 Å². The number of hydrogen-bond acceptors (Lipinski definition) is 3. The lowest BCUT2D eigenvalue weighted by Gasteiger charge is -2.14. The van der Waals surface area contributed by atoms with E-state index < -0.39 is 0 Å². The highest BCUT2D eigenvalue weighted by Crippen LogP contribution is 2.19. The van der Waals surface area contributed by atoms with Gasteiger partial charge in [0.05, 0.1) is 7.11 Å². The van der Waals surface area contributed by atoms with Gasteiger partial charge < -0.3 is 15.4 Å². The molecule has 0 heterocycles. The van der Waals surface area contributed by atoms with Crippen molar-refractivity contribution < 1.29 is 9.53 Å². The predicted molar refractivity (Wildman–Crippen MR) is 75.2 cm³/mol. The monoisotopic (exact) mass is 262 g/mol. The second-order valence-electron chi connectivity index (χ2n) is 5.04. The molecule has 2 N–H and O–H groups in total. The maximum absolute atomic E-state index is 11.5. The fourth-order valence-corrected chi connectivity index (χ4v) is 1.94. The minimum atomic E-state index is 0.150. The Morgan fingerprint density at radius 2 is 2.05 bits per heavy atom. The second kappa shape index (κ2) is 6.57. The minimum Gasteiger partial charge on any atom is -0.497 e. The number of rotatable bonds is 7. The Bertz CT molecular complexity index is 413. The lowest BCUT2D eigenvalue weighted by molar-refractivity contribution is -0.121. The SMILES string of the molecule is COc1ccc([C@@H](C)NCCC(=O)NC2CC2)cc1. The third-order valence-electron chi connectivity index (χ3n) is 3.36. The summed E-state index contributed by atoms with van der Waals surface area (Å²) in [5.74, 6) is 1.01. The smallest absolute Gasteiger partial charge is 0.221 e. The number of ether oxygens (including phenoxy) is 1. The number of methoxy groups -OCH3 is 1. The van der Waals surface area contributed by atoms with Gasteiger partial charge in [-0.1, -0.05) is 12.1 Å². The van der Waals surface area contributed by atoms with Gasteiger partial charge in [0.2, 0.25) is 5.91 Å². The van der Waals surface area contributed by atoms with Crippen molar-refractivity contribution in [3.8, 4) is 5.75 Å². The maximum atomic E-state index is 11.5. The van der Waals surface area contributed by atoms with Crippen LogP contribution in [0.15, 0.2) is 24.3 Å². The van der Waals surface area contributed by atoms with Crippen LogP contribution in [0.3, 0.4) is 0 Å². The molecule has 1 aliphatic rings. The van der Waals surface area contributed by atoms with Crippen molar-refractivity contribution in [2.45, 2.75) is 38.3 Å². The van der Waals surface area contributed by atoms with Gasteiger partial charge >= 0.3 is 0 Å². The quantitative estimate of drug-likeness (QED) is 0.790. The van der Waals surface area contributed by atoms with Crippen LogP contribution in [0.2, 0.25) is 0 Å². The molecule has 1 amide bonds. The molecule has 1 aromatic carbocycles. The first-order chi connectivity index (χ1) is 9.19. The fraction of sp³-hybridized carbons (Fsp3) is 0.533. The van der Waals surface area contributed by atoms with Gasteiger partial charge in [0.1, 0.15) is 5.75 Å². The summed E-state index contributed by atoms with van der Waals surface area (Å²) in [6.45, 7) is 2.80. The fourth-order valence-electron chi connectivity index (χ4n) is 1.94. The lowest BCUT2D eigenvalue weighted by Crippen LogP contribution is -2.30. The van der Waals surface area contributed by atoms with Crippen LogP contribution in [0.25, 0.3) is 0 Å². The van der Waals surface area contributed by atoms with E-state index in [0.717, 1.165) is 18.6 Å². The average Bonchev–Trinajstić information content (AvgIpc) is 3.22. The van der Waals surface area contributed by atoms with Gasteiger partial charge in [0, 0.05) is 25.0 Å². The molecular weight excluding hydrogens is 240 g/mol. The van der Waals surface area contributed by atoms with E-state index in [2.05, 4.69) is 17.6 Å². The van der Waals surface area contributed by atoms with E-state index in [1.165, 1.54) is 5.56 Å². The van der Waals surface area contributed by atoms with E-state index in [1.807, 2.05) is 24.3 Å². The molecule has 0 saturated heterocycles. The first-order valence-electron chi connectivity index (χ1n) is 6.85. The Kier molecular flexibility index (Phi) is 4.80. The zero-order valence-corrected chi connectivity index (χ0v) is 11.6. The third kappa shape index (κ3) is 4.56. The van der Waals surface area contributed by atoms with Gasteiger partial charge in [0.15, 0.2) is 0 Å². The number of benzene rings is 1. The standard InChI is InChI=1S/C15H22N2O2/c1-11(12-3-7-14(19-2)8-4-12)16-10-9-15(18)17-13-5-6-13/h3-4,7-8,11,13,16H,5-6,9-10H2,1-2H3,(H,17,18)/t11-/m1/s1. The van der Waals surface area contributed by atoms with E-state index in [9.17, 15) is 4.79 Å². The van der Waals surface area contributed by atoms with Crippen LogP contribution in [0.4, 0.5) is 0 Å². The normalized spacial score (nSPS) is 15.9. The van der Waals surface area contributed by atoms with Crippen LogP contribution < -0.4 is 15.4 Å². The summed E-state index contributed by atoms with van der Waals surface area (Å²) in [5.41, 5.74) is 1.20. The topological polar surface area (TPSA) is 50.4 Å². The van der Waals surface area contributed by atoms with Crippen molar-refractivity contribution in [2.24, 2.45) is 0 Å². The second-order valence-corrected chi connectivity index (χ2v) is 5.04. The highest BCUT2D eigenvalue weighted by molar-refractivity contribution is 5.76.